The number of halogens is 2. The third-order valence-electron chi connectivity index (χ3n) is 4.53. The summed E-state index contributed by atoms with van der Waals surface area (Å²) in [7, 11) is 3.98. The second-order valence-corrected chi connectivity index (χ2v) is 6.94. The highest BCUT2D eigenvalue weighted by atomic mass is 19.2. The summed E-state index contributed by atoms with van der Waals surface area (Å²) in [6, 6.07) is 5.52. The number of hydrogen-bond acceptors (Lipinski definition) is 7. The molecule has 9 nitrogen and oxygen atoms in total. The average Bonchev–Trinajstić information content (AvgIpc) is 3.39. The molecule has 0 aliphatic heterocycles. The van der Waals surface area contributed by atoms with Crippen LogP contribution in [0.4, 0.5) is 14.6 Å². The van der Waals surface area contributed by atoms with Gasteiger partial charge in [-0.2, -0.15) is 9.78 Å². The minimum atomic E-state index is -1.06. The fraction of sp³-hybridized carbons (Fsp3) is 0.211. The lowest BCUT2D eigenvalue weighted by Crippen LogP contribution is -2.18. The van der Waals surface area contributed by atoms with Crippen molar-refractivity contribution in [1.82, 2.24) is 39.9 Å². The maximum Gasteiger partial charge on any atom is 0.190 e. The van der Waals surface area contributed by atoms with Gasteiger partial charge in [0.1, 0.15) is 11.5 Å². The van der Waals surface area contributed by atoms with Crippen LogP contribution in [-0.2, 0) is 6.54 Å². The molecule has 0 saturated carbocycles. The van der Waals surface area contributed by atoms with E-state index >= 15 is 0 Å². The molecule has 0 spiro atoms. The van der Waals surface area contributed by atoms with Gasteiger partial charge in [0.25, 0.3) is 0 Å². The second kappa shape index (κ2) is 7.95. The molecular formula is C19H19F2N9. The fourth-order valence-electron chi connectivity index (χ4n) is 2.92. The highest BCUT2D eigenvalue weighted by Gasteiger charge is 2.19. The molecule has 11 heteroatoms. The third kappa shape index (κ3) is 3.74. The first-order valence-corrected chi connectivity index (χ1v) is 9.10. The summed E-state index contributed by atoms with van der Waals surface area (Å²) in [6.07, 6.45) is 5.24. The maximum atomic E-state index is 14.3. The number of tetrazole rings is 1. The van der Waals surface area contributed by atoms with Crippen LogP contribution in [0.3, 0.4) is 0 Å². The Hall–Kier alpha value is -3.73. The molecule has 0 aliphatic carbocycles. The van der Waals surface area contributed by atoms with E-state index in [0.717, 1.165) is 35.0 Å². The third-order valence-corrected chi connectivity index (χ3v) is 4.53. The number of hydrogen-bond donors (Lipinski definition) is 1. The van der Waals surface area contributed by atoms with Crippen molar-refractivity contribution in [3.8, 4) is 28.2 Å². The van der Waals surface area contributed by atoms with Crippen molar-refractivity contribution in [2.24, 2.45) is 0 Å². The molecule has 0 bridgehead atoms. The summed E-state index contributed by atoms with van der Waals surface area (Å²) in [4.78, 5) is 6.29. The number of likely N-dealkylation sites (N-methyl/N-ethyl adjacent to an activating group) is 1. The first-order valence-electron chi connectivity index (χ1n) is 9.10. The van der Waals surface area contributed by atoms with Crippen LogP contribution < -0.4 is 5.73 Å². The van der Waals surface area contributed by atoms with E-state index in [1.54, 1.807) is 18.5 Å². The number of nitrogens with two attached hydrogens (primary N) is 1. The average molecular weight is 411 g/mol. The molecule has 1 aromatic carbocycles. The molecule has 0 unspecified atom stereocenters. The number of pyridine rings is 1. The van der Waals surface area contributed by atoms with E-state index in [2.05, 4.69) is 30.5 Å². The SMILES string of the molecule is CN(C)CCn1cc(-c2cnc(N)c(-c3nnnn3-c3cccc(F)c3F)c2)cn1. The predicted octanol–water partition coefficient (Wildman–Crippen LogP) is 2.01. The van der Waals surface area contributed by atoms with Crippen LogP contribution in [0.1, 0.15) is 0 Å². The van der Waals surface area contributed by atoms with Crippen LogP contribution in [0.5, 0.6) is 0 Å². The van der Waals surface area contributed by atoms with Gasteiger partial charge in [-0.05, 0) is 42.7 Å². The first kappa shape index (κ1) is 19.6. The molecule has 0 fully saturated rings. The molecule has 4 rings (SSSR count). The van der Waals surface area contributed by atoms with Crippen molar-refractivity contribution in [2.45, 2.75) is 6.54 Å². The fourth-order valence-corrected chi connectivity index (χ4v) is 2.92. The summed E-state index contributed by atoms with van der Waals surface area (Å²) in [5, 5.41) is 15.7. The molecule has 30 heavy (non-hydrogen) atoms. The van der Waals surface area contributed by atoms with E-state index in [9.17, 15) is 8.78 Å². The lowest BCUT2D eigenvalue weighted by molar-refractivity contribution is 0.373. The van der Waals surface area contributed by atoms with Crippen molar-refractivity contribution in [3.63, 3.8) is 0 Å². The Labute approximate surface area is 170 Å². The highest BCUT2D eigenvalue weighted by molar-refractivity contribution is 5.76. The lowest BCUT2D eigenvalue weighted by Gasteiger charge is -2.09. The molecule has 3 aromatic heterocycles. The molecule has 0 saturated heterocycles. The minimum Gasteiger partial charge on any atom is -0.383 e. The molecule has 0 atom stereocenters. The van der Waals surface area contributed by atoms with Gasteiger partial charge >= 0.3 is 0 Å². The van der Waals surface area contributed by atoms with Crippen molar-refractivity contribution < 1.29 is 8.78 Å². The zero-order chi connectivity index (χ0) is 21.3. The summed E-state index contributed by atoms with van der Waals surface area (Å²) >= 11 is 0. The second-order valence-electron chi connectivity index (χ2n) is 6.94. The van der Waals surface area contributed by atoms with E-state index in [1.807, 2.05) is 25.0 Å². The summed E-state index contributed by atoms with van der Waals surface area (Å²) in [6.45, 7) is 1.58. The minimum absolute atomic E-state index is 0.128. The molecule has 0 radical (unpaired) electrons. The molecule has 3 heterocycles. The van der Waals surface area contributed by atoms with E-state index < -0.39 is 11.6 Å². The van der Waals surface area contributed by atoms with Gasteiger partial charge in [0, 0.05) is 30.1 Å². The van der Waals surface area contributed by atoms with Gasteiger partial charge in [0.2, 0.25) is 0 Å². The normalized spacial score (nSPS) is 11.4. The van der Waals surface area contributed by atoms with Gasteiger partial charge in [-0.25, -0.2) is 13.8 Å². The maximum absolute atomic E-state index is 14.3. The largest absolute Gasteiger partial charge is 0.383 e. The van der Waals surface area contributed by atoms with Gasteiger partial charge in [-0.15, -0.1) is 5.10 Å². The summed E-state index contributed by atoms with van der Waals surface area (Å²) in [5.41, 5.74) is 7.88. The van der Waals surface area contributed by atoms with E-state index in [-0.39, 0.29) is 17.3 Å². The van der Waals surface area contributed by atoms with Crippen LogP contribution in [0.2, 0.25) is 0 Å². The van der Waals surface area contributed by atoms with Crippen LogP contribution in [0.15, 0.2) is 42.9 Å². The number of nitrogen functional groups attached to an aromatic ring is 1. The number of aromatic nitrogens is 7. The molecule has 0 amide bonds. The Balaban J connectivity index is 1.72. The van der Waals surface area contributed by atoms with Crippen molar-refractivity contribution in [1.29, 1.82) is 0 Å². The molecule has 2 N–H and O–H groups in total. The Morgan fingerprint density at radius 2 is 1.97 bits per heavy atom. The molecule has 4 aromatic rings. The van der Waals surface area contributed by atoms with Crippen LogP contribution >= 0.6 is 0 Å². The van der Waals surface area contributed by atoms with E-state index in [4.69, 9.17) is 5.73 Å². The smallest absolute Gasteiger partial charge is 0.190 e. The van der Waals surface area contributed by atoms with Gasteiger partial charge in [0.15, 0.2) is 17.5 Å². The van der Waals surface area contributed by atoms with Crippen LogP contribution in [0, 0.1) is 11.6 Å². The molecule has 154 valence electrons. The summed E-state index contributed by atoms with van der Waals surface area (Å²) in [5.74, 6) is -1.76. The lowest BCUT2D eigenvalue weighted by atomic mass is 10.1. The van der Waals surface area contributed by atoms with Crippen molar-refractivity contribution >= 4 is 5.82 Å². The van der Waals surface area contributed by atoms with E-state index in [1.165, 1.54) is 12.1 Å². The number of anilines is 1. The Morgan fingerprint density at radius 3 is 2.77 bits per heavy atom. The number of benzene rings is 1. The van der Waals surface area contributed by atoms with Crippen molar-refractivity contribution in [3.05, 3.63) is 54.5 Å². The Kier molecular flexibility index (Phi) is 5.19. The molecular weight excluding hydrogens is 392 g/mol. The summed E-state index contributed by atoms with van der Waals surface area (Å²) < 4.78 is 30.9. The number of nitrogens with zero attached hydrogens (tertiary/aromatic N) is 8. The van der Waals surface area contributed by atoms with Gasteiger partial charge in [-0.3, -0.25) is 4.68 Å². The van der Waals surface area contributed by atoms with Gasteiger partial charge in [0.05, 0.1) is 18.3 Å². The first-order chi connectivity index (χ1) is 14.4. The number of rotatable bonds is 6. The topological polar surface area (TPSA) is 104 Å². The molecule has 0 aliphatic rings. The van der Waals surface area contributed by atoms with Crippen molar-refractivity contribution in [2.75, 3.05) is 26.4 Å². The Morgan fingerprint density at radius 1 is 1.13 bits per heavy atom. The highest BCUT2D eigenvalue weighted by Crippen LogP contribution is 2.29. The Bertz CT molecular complexity index is 1180. The van der Waals surface area contributed by atoms with Crippen LogP contribution in [0.25, 0.3) is 28.2 Å². The van der Waals surface area contributed by atoms with Gasteiger partial charge in [-0.1, -0.05) is 6.07 Å². The standard InChI is InChI=1S/C19H19F2N9/c1-28(2)6-7-29-11-13(10-24-29)12-8-14(18(22)23-9-12)19-25-26-27-30(19)16-5-3-4-15(20)17(16)21/h3-5,8-11H,6-7H2,1-2H3,(H2,22,23). The predicted molar refractivity (Wildman–Crippen MR) is 106 cm³/mol. The quantitative estimate of drug-likeness (QED) is 0.518. The monoisotopic (exact) mass is 411 g/mol. The van der Waals surface area contributed by atoms with Gasteiger partial charge < -0.3 is 10.6 Å². The van der Waals surface area contributed by atoms with Crippen LogP contribution in [-0.4, -0.2) is 60.5 Å². The van der Waals surface area contributed by atoms with E-state index in [0.29, 0.717) is 5.56 Å². The zero-order valence-electron chi connectivity index (χ0n) is 16.4. The zero-order valence-corrected chi connectivity index (χ0v) is 16.4.